The minimum absolute atomic E-state index is 0.200. The van der Waals surface area contributed by atoms with Gasteiger partial charge in [0.2, 0.25) is 0 Å². The normalized spacial score (nSPS) is 16.6. The van der Waals surface area contributed by atoms with Gasteiger partial charge < -0.3 is 14.7 Å². The first kappa shape index (κ1) is 16.4. The zero-order chi connectivity index (χ0) is 16.3. The van der Waals surface area contributed by atoms with E-state index in [0.717, 1.165) is 5.56 Å². The minimum atomic E-state index is -4.71. The molecule has 8 heteroatoms. The highest BCUT2D eigenvalue weighted by Gasteiger charge is 2.32. The molecule has 0 radical (unpaired) electrons. The molecule has 1 saturated heterocycles. The van der Waals surface area contributed by atoms with Gasteiger partial charge in [0, 0.05) is 32.7 Å². The third-order valence-electron chi connectivity index (χ3n) is 3.66. The molecule has 1 aromatic rings. The lowest BCUT2D eigenvalue weighted by atomic mass is 10.1. The number of ether oxygens (including phenoxy) is 1. The third kappa shape index (κ3) is 4.27. The fraction of sp³-hybridized carbons (Fsp3) is 0.500. The Balaban J connectivity index is 2.02. The van der Waals surface area contributed by atoms with Gasteiger partial charge in [-0.25, -0.2) is 4.79 Å². The summed E-state index contributed by atoms with van der Waals surface area (Å²) in [5.74, 6) is -0.200. The quantitative estimate of drug-likeness (QED) is 0.931. The van der Waals surface area contributed by atoms with Crippen molar-refractivity contribution in [2.45, 2.75) is 19.8 Å². The van der Waals surface area contributed by atoms with Crippen LogP contribution in [-0.4, -0.2) is 53.5 Å². The van der Waals surface area contributed by atoms with Crippen molar-refractivity contribution in [3.63, 3.8) is 0 Å². The number of hydrogen-bond donors (Lipinski definition) is 1. The highest BCUT2D eigenvalue weighted by atomic mass is 19.4. The van der Waals surface area contributed by atoms with Gasteiger partial charge in [0.25, 0.3) is 0 Å². The monoisotopic (exact) mass is 318 g/mol. The van der Waals surface area contributed by atoms with E-state index in [2.05, 4.69) is 4.74 Å². The molecule has 0 aliphatic carbocycles. The first-order chi connectivity index (χ1) is 10.3. The molecule has 0 atom stereocenters. The Labute approximate surface area is 125 Å². The molecule has 1 heterocycles. The van der Waals surface area contributed by atoms with Crippen LogP contribution in [0.25, 0.3) is 0 Å². The zero-order valence-corrected chi connectivity index (χ0v) is 12.1. The Hall–Kier alpha value is -1.96. The van der Waals surface area contributed by atoms with Crippen LogP contribution in [0.1, 0.15) is 11.1 Å². The number of carbonyl (C=O) groups is 1. The Morgan fingerprint density at radius 3 is 2.45 bits per heavy atom. The van der Waals surface area contributed by atoms with E-state index in [1.807, 2.05) is 4.90 Å². The molecule has 0 aromatic heterocycles. The first-order valence-corrected chi connectivity index (χ1v) is 6.81. The predicted molar refractivity (Wildman–Crippen MR) is 72.7 cm³/mol. The summed E-state index contributed by atoms with van der Waals surface area (Å²) in [5.41, 5.74) is 1.19. The lowest BCUT2D eigenvalue weighted by Crippen LogP contribution is -2.47. The van der Waals surface area contributed by atoms with E-state index < -0.39 is 12.5 Å². The minimum Gasteiger partial charge on any atom is -0.465 e. The molecule has 0 unspecified atom stereocenters. The number of benzene rings is 1. The van der Waals surface area contributed by atoms with Crippen LogP contribution in [0.2, 0.25) is 0 Å². The van der Waals surface area contributed by atoms with Gasteiger partial charge in [-0.05, 0) is 24.1 Å². The van der Waals surface area contributed by atoms with Crippen LogP contribution in [0.15, 0.2) is 18.2 Å². The molecule has 1 fully saturated rings. The molecule has 0 saturated carbocycles. The summed E-state index contributed by atoms with van der Waals surface area (Å²) < 4.78 is 41.0. The topological polar surface area (TPSA) is 53.0 Å². The highest BCUT2D eigenvalue weighted by Crippen LogP contribution is 2.28. The molecule has 1 aliphatic rings. The number of alkyl halides is 3. The molecular weight excluding hydrogens is 301 g/mol. The smallest absolute Gasteiger partial charge is 0.465 e. The molecule has 1 amide bonds. The van der Waals surface area contributed by atoms with Gasteiger partial charge in [-0.3, -0.25) is 4.90 Å². The second-order valence-corrected chi connectivity index (χ2v) is 5.13. The molecule has 5 nitrogen and oxygen atoms in total. The lowest BCUT2D eigenvalue weighted by Gasteiger charge is -2.33. The average molecular weight is 318 g/mol. The molecule has 0 bridgehead atoms. The largest absolute Gasteiger partial charge is 0.573 e. The van der Waals surface area contributed by atoms with Crippen molar-refractivity contribution in [1.82, 2.24) is 9.80 Å². The van der Waals surface area contributed by atoms with Crippen molar-refractivity contribution >= 4 is 6.09 Å². The number of carboxylic acid groups (broad SMARTS) is 1. The van der Waals surface area contributed by atoms with Crippen molar-refractivity contribution in [3.05, 3.63) is 29.3 Å². The molecule has 2 rings (SSSR count). The summed E-state index contributed by atoms with van der Waals surface area (Å²) in [4.78, 5) is 14.2. The highest BCUT2D eigenvalue weighted by molar-refractivity contribution is 5.65. The van der Waals surface area contributed by atoms with Gasteiger partial charge in [-0.1, -0.05) is 12.1 Å². The fourth-order valence-corrected chi connectivity index (χ4v) is 2.40. The standard InChI is InChI=1S/C14H17F3N2O3/c1-10-11(3-2-4-12(10)22-14(15,16)17)9-18-5-7-19(8-6-18)13(20)21/h2-4H,5-9H2,1H3,(H,20,21). The van der Waals surface area contributed by atoms with Crippen LogP contribution in [0, 0.1) is 6.92 Å². The van der Waals surface area contributed by atoms with E-state index in [9.17, 15) is 18.0 Å². The van der Waals surface area contributed by atoms with E-state index in [1.165, 1.54) is 17.0 Å². The van der Waals surface area contributed by atoms with Crippen LogP contribution in [-0.2, 0) is 6.54 Å². The third-order valence-corrected chi connectivity index (χ3v) is 3.66. The number of halogens is 3. The number of amides is 1. The first-order valence-electron chi connectivity index (χ1n) is 6.81. The molecular formula is C14H17F3N2O3. The molecule has 0 spiro atoms. The van der Waals surface area contributed by atoms with Crippen LogP contribution >= 0.6 is 0 Å². The fourth-order valence-electron chi connectivity index (χ4n) is 2.40. The van der Waals surface area contributed by atoms with E-state index in [0.29, 0.717) is 38.3 Å². The number of piperazine rings is 1. The second kappa shape index (κ2) is 6.43. The summed E-state index contributed by atoms with van der Waals surface area (Å²) in [6.07, 6.45) is -5.66. The van der Waals surface area contributed by atoms with E-state index in [-0.39, 0.29) is 5.75 Å². The Morgan fingerprint density at radius 2 is 1.91 bits per heavy atom. The predicted octanol–water partition coefficient (Wildman–Crippen LogP) is 2.69. The van der Waals surface area contributed by atoms with Crippen molar-refractivity contribution in [1.29, 1.82) is 0 Å². The summed E-state index contributed by atoms with van der Waals surface area (Å²) in [5, 5.41) is 8.89. The average Bonchev–Trinajstić information content (AvgIpc) is 2.42. The SMILES string of the molecule is Cc1c(CN2CCN(C(=O)O)CC2)cccc1OC(F)(F)F. The molecule has 1 aromatic carbocycles. The van der Waals surface area contributed by atoms with Crippen LogP contribution in [0.4, 0.5) is 18.0 Å². The molecule has 1 N–H and O–H groups in total. The maximum absolute atomic E-state index is 12.3. The van der Waals surface area contributed by atoms with Gasteiger partial charge in [-0.2, -0.15) is 0 Å². The number of rotatable bonds is 3. The maximum atomic E-state index is 12.3. The summed E-state index contributed by atoms with van der Waals surface area (Å²) in [7, 11) is 0. The van der Waals surface area contributed by atoms with E-state index in [1.54, 1.807) is 13.0 Å². The summed E-state index contributed by atoms with van der Waals surface area (Å²) in [6, 6.07) is 4.56. The van der Waals surface area contributed by atoms with Gasteiger partial charge in [-0.15, -0.1) is 13.2 Å². The van der Waals surface area contributed by atoms with Gasteiger partial charge in [0.1, 0.15) is 5.75 Å². The van der Waals surface area contributed by atoms with Gasteiger partial charge in [0.15, 0.2) is 0 Å². The molecule has 22 heavy (non-hydrogen) atoms. The van der Waals surface area contributed by atoms with Crippen molar-refractivity contribution in [2.75, 3.05) is 26.2 Å². The molecule has 122 valence electrons. The van der Waals surface area contributed by atoms with Crippen LogP contribution < -0.4 is 4.74 Å². The summed E-state index contributed by atoms with van der Waals surface area (Å²) in [6.45, 7) is 3.95. The van der Waals surface area contributed by atoms with Crippen molar-refractivity contribution in [2.24, 2.45) is 0 Å². The van der Waals surface area contributed by atoms with Crippen molar-refractivity contribution < 1.29 is 27.8 Å². The van der Waals surface area contributed by atoms with Crippen LogP contribution in [0.3, 0.4) is 0 Å². The number of hydrogen-bond acceptors (Lipinski definition) is 3. The Morgan fingerprint density at radius 1 is 1.27 bits per heavy atom. The Kier molecular flexibility index (Phi) is 4.80. The number of nitrogens with zero attached hydrogens (tertiary/aromatic N) is 2. The zero-order valence-electron chi connectivity index (χ0n) is 12.1. The van der Waals surface area contributed by atoms with E-state index >= 15 is 0 Å². The second-order valence-electron chi connectivity index (χ2n) is 5.13. The maximum Gasteiger partial charge on any atom is 0.573 e. The van der Waals surface area contributed by atoms with Crippen LogP contribution in [0.5, 0.6) is 5.75 Å². The summed E-state index contributed by atoms with van der Waals surface area (Å²) >= 11 is 0. The Bertz CT molecular complexity index is 541. The van der Waals surface area contributed by atoms with Gasteiger partial charge in [0.05, 0.1) is 0 Å². The van der Waals surface area contributed by atoms with Crippen molar-refractivity contribution in [3.8, 4) is 5.75 Å². The van der Waals surface area contributed by atoms with E-state index in [4.69, 9.17) is 5.11 Å². The molecule has 1 aliphatic heterocycles. The lowest BCUT2D eigenvalue weighted by molar-refractivity contribution is -0.274. The van der Waals surface area contributed by atoms with Gasteiger partial charge >= 0.3 is 12.5 Å².